The zero-order valence-electron chi connectivity index (χ0n) is 7.12. The van der Waals surface area contributed by atoms with E-state index < -0.39 is 0 Å². The Bertz CT molecular complexity index is 453. The molecule has 70 valence electrons. The number of thiophene rings is 1. The molecule has 0 unspecified atom stereocenters. The number of rotatable bonds is 3. The fourth-order valence-electron chi connectivity index (χ4n) is 1.11. The minimum absolute atomic E-state index is 0.381. The van der Waals surface area contributed by atoms with Gasteiger partial charge in [0, 0.05) is 20.7 Å². The largest absolute Gasteiger partial charge is 0.244 e. The summed E-state index contributed by atoms with van der Waals surface area (Å²) >= 11 is 3.15. The van der Waals surface area contributed by atoms with Gasteiger partial charge < -0.3 is 0 Å². The molecule has 2 rings (SSSR count). The van der Waals surface area contributed by atoms with E-state index >= 15 is 0 Å². The molecule has 0 radical (unpaired) electrons. The molecule has 2 heterocycles. The molecule has 0 fully saturated rings. The van der Waals surface area contributed by atoms with Crippen molar-refractivity contribution in [2.45, 2.75) is 6.54 Å². The van der Waals surface area contributed by atoms with Gasteiger partial charge in [0.25, 0.3) is 0 Å². The van der Waals surface area contributed by atoms with Crippen molar-refractivity contribution < 1.29 is 0 Å². The maximum Gasteiger partial charge on any atom is 0.0852 e. The molecule has 6 heteroatoms. The third kappa shape index (κ3) is 1.77. The molecule has 0 aliphatic rings. The van der Waals surface area contributed by atoms with Crippen molar-refractivity contribution >= 4 is 22.7 Å². The average molecular weight is 222 g/mol. The Morgan fingerprint density at radius 1 is 1.57 bits per heavy atom. The summed E-state index contributed by atoms with van der Waals surface area (Å²) in [6, 6.07) is 2.01. The first kappa shape index (κ1) is 9.21. The molecule has 0 amide bonds. The summed E-state index contributed by atoms with van der Waals surface area (Å²) in [5.41, 5.74) is 12.0. The summed E-state index contributed by atoms with van der Waals surface area (Å²) in [6.07, 6.45) is 0. The molecular formula is C8H6N4S2. The zero-order chi connectivity index (χ0) is 9.80. The van der Waals surface area contributed by atoms with Crippen LogP contribution in [0.3, 0.4) is 0 Å². The first-order valence-electron chi connectivity index (χ1n) is 3.87. The van der Waals surface area contributed by atoms with E-state index in [-0.39, 0.29) is 0 Å². The van der Waals surface area contributed by atoms with Crippen LogP contribution < -0.4 is 0 Å². The summed E-state index contributed by atoms with van der Waals surface area (Å²) in [5.74, 6) is 0. The van der Waals surface area contributed by atoms with Crippen molar-refractivity contribution in [3.63, 3.8) is 0 Å². The van der Waals surface area contributed by atoms with E-state index in [0.29, 0.717) is 6.54 Å². The summed E-state index contributed by atoms with van der Waals surface area (Å²) in [7, 11) is 0. The highest BCUT2D eigenvalue weighted by Gasteiger charge is 2.07. The van der Waals surface area contributed by atoms with Gasteiger partial charge in [0.2, 0.25) is 0 Å². The minimum atomic E-state index is 0.381. The average Bonchev–Trinajstić information content (AvgIpc) is 2.84. The standard InChI is InChI=1S/C8H6N4S2/c9-12-11-3-7-8(10-5-14-7)6-1-2-13-4-6/h1-2,4-5H,3H2. The van der Waals surface area contributed by atoms with E-state index in [1.165, 1.54) is 11.3 Å². The van der Waals surface area contributed by atoms with Gasteiger partial charge in [-0.05, 0) is 17.0 Å². The van der Waals surface area contributed by atoms with Crippen LogP contribution in [0.4, 0.5) is 0 Å². The number of thiazole rings is 1. The van der Waals surface area contributed by atoms with Crippen LogP contribution in [0.2, 0.25) is 0 Å². The van der Waals surface area contributed by atoms with E-state index in [9.17, 15) is 0 Å². The quantitative estimate of drug-likeness (QED) is 0.444. The van der Waals surface area contributed by atoms with E-state index in [1.54, 1.807) is 16.8 Å². The van der Waals surface area contributed by atoms with E-state index in [2.05, 4.69) is 15.0 Å². The highest BCUT2D eigenvalue weighted by molar-refractivity contribution is 7.10. The summed E-state index contributed by atoms with van der Waals surface area (Å²) < 4.78 is 0. The van der Waals surface area contributed by atoms with Crippen molar-refractivity contribution in [1.29, 1.82) is 0 Å². The molecule has 4 nitrogen and oxygen atoms in total. The van der Waals surface area contributed by atoms with Crippen LogP contribution in [0, 0.1) is 0 Å². The zero-order valence-corrected chi connectivity index (χ0v) is 8.75. The summed E-state index contributed by atoms with van der Waals surface area (Å²) in [5, 5.41) is 7.58. The van der Waals surface area contributed by atoms with Crippen LogP contribution in [0.25, 0.3) is 21.7 Å². The molecule has 0 spiro atoms. The Morgan fingerprint density at radius 3 is 3.21 bits per heavy atom. The molecular weight excluding hydrogens is 216 g/mol. The highest BCUT2D eigenvalue weighted by Crippen LogP contribution is 2.27. The van der Waals surface area contributed by atoms with Crippen LogP contribution in [0.1, 0.15) is 4.88 Å². The monoisotopic (exact) mass is 222 g/mol. The van der Waals surface area contributed by atoms with Gasteiger partial charge in [-0.1, -0.05) is 5.11 Å². The predicted molar refractivity (Wildman–Crippen MR) is 58.3 cm³/mol. The van der Waals surface area contributed by atoms with E-state index in [4.69, 9.17) is 5.53 Å². The Balaban J connectivity index is 2.34. The lowest BCUT2D eigenvalue weighted by Gasteiger charge is -1.94. The van der Waals surface area contributed by atoms with Crippen molar-refractivity contribution in [2.75, 3.05) is 0 Å². The van der Waals surface area contributed by atoms with Gasteiger partial charge >= 0.3 is 0 Å². The normalized spacial score (nSPS) is 9.71. The second-order valence-electron chi connectivity index (χ2n) is 2.53. The molecule has 2 aromatic heterocycles. The number of aromatic nitrogens is 1. The predicted octanol–water partition coefficient (Wildman–Crippen LogP) is 3.68. The van der Waals surface area contributed by atoms with Crippen LogP contribution in [-0.4, -0.2) is 4.98 Å². The van der Waals surface area contributed by atoms with Crippen LogP contribution in [0.5, 0.6) is 0 Å². The van der Waals surface area contributed by atoms with Gasteiger partial charge in [-0.2, -0.15) is 11.3 Å². The summed E-state index contributed by atoms with van der Waals surface area (Å²) in [6.45, 7) is 0.381. The SMILES string of the molecule is [N-]=[N+]=NCc1scnc1-c1ccsc1. The van der Waals surface area contributed by atoms with Gasteiger partial charge in [-0.3, -0.25) is 0 Å². The third-order valence-corrected chi connectivity index (χ3v) is 3.21. The molecule has 0 bridgehead atoms. The molecule has 0 aromatic carbocycles. The van der Waals surface area contributed by atoms with Gasteiger partial charge in [-0.15, -0.1) is 11.3 Å². The number of azide groups is 1. The van der Waals surface area contributed by atoms with Crippen LogP contribution in [-0.2, 0) is 6.54 Å². The fourth-order valence-corrected chi connectivity index (χ4v) is 2.45. The van der Waals surface area contributed by atoms with Crippen molar-refractivity contribution in [3.8, 4) is 11.3 Å². The lowest BCUT2D eigenvalue weighted by molar-refractivity contribution is 1.07. The van der Waals surface area contributed by atoms with E-state index in [0.717, 1.165) is 16.1 Å². The van der Waals surface area contributed by atoms with E-state index in [1.807, 2.05) is 16.8 Å². The molecule has 0 atom stereocenters. The lowest BCUT2D eigenvalue weighted by Crippen LogP contribution is -1.80. The van der Waals surface area contributed by atoms with Crippen molar-refractivity contribution in [1.82, 2.24) is 4.98 Å². The van der Waals surface area contributed by atoms with Crippen molar-refractivity contribution in [3.05, 3.63) is 37.7 Å². The number of hydrogen-bond donors (Lipinski definition) is 0. The lowest BCUT2D eigenvalue weighted by atomic mass is 10.2. The minimum Gasteiger partial charge on any atom is -0.244 e. The Labute approximate surface area is 88.5 Å². The van der Waals surface area contributed by atoms with Gasteiger partial charge in [0.15, 0.2) is 0 Å². The van der Waals surface area contributed by atoms with Crippen LogP contribution in [0.15, 0.2) is 27.5 Å². The van der Waals surface area contributed by atoms with Gasteiger partial charge in [-0.25, -0.2) is 4.98 Å². The van der Waals surface area contributed by atoms with Crippen LogP contribution >= 0.6 is 22.7 Å². The van der Waals surface area contributed by atoms with Gasteiger partial charge in [0.1, 0.15) is 0 Å². The Morgan fingerprint density at radius 2 is 2.50 bits per heavy atom. The third-order valence-electron chi connectivity index (χ3n) is 1.71. The second-order valence-corrected chi connectivity index (χ2v) is 4.24. The molecule has 0 saturated carbocycles. The van der Waals surface area contributed by atoms with Gasteiger partial charge in [0.05, 0.1) is 17.7 Å². The smallest absolute Gasteiger partial charge is 0.0852 e. The second kappa shape index (κ2) is 4.23. The number of nitrogens with zero attached hydrogens (tertiary/aromatic N) is 4. The maximum absolute atomic E-state index is 8.23. The fraction of sp³-hybridized carbons (Fsp3) is 0.125. The molecule has 14 heavy (non-hydrogen) atoms. The molecule has 0 saturated heterocycles. The molecule has 0 aliphatic heterocycles. The molecule has 0 N–H and O–H groups in total. The molecule has 2 aromatic rings. The Hall–Kier alpha value is -1.36. The first-order chi connectivity index (χ1) is 6.92. The number of hydrogen-bond acceptors (Lipinski definition) is 4. The first-order valence-corrected chi connectivity index (χ1v) is 5.70. The highest BCUT2D eigenvalue weighted by atomic mass is 32.1. The van der Waals surface area contributed by atoms with Crippen molar-refractivity contribution in [2.24, 2.45) is 5.11 Å². The molecule has 0 aliphatic carbocycles. The summed E-state index contributed by atoms with van der Waals surface area (Å²) in [4.78, 5) is 8.01. The topological polar surface area (TPSA) is 61.7 Å². The Kier molecular flexibility index (Phi) is 2.78. The maximum atomic E-state index is 8.23.